The number of nitrogens with zero attached hydrogens (tertiary/aromatic N) is 2. The van der Waals surface area contributed by atoms with Crippen molar-refractivity contribution in [1.29, 1.82) is 0 Å². The summed E-state index contributed by atoms with van der Waals surface area (Å²) in [5.41, 5.74) is 3.07. The number of rotatable bonds is 3. The molecule has 0 unspecified atom stereocenters. The van der Waals surface area contributed by atoms with Crippen molar-refractivity contribution in [2.75, 3.05) is 0 Å². The van der Waals surface area contributed by atoms with Gasteiger partial charge in [-0.2, -0.15) is 5.10 Å². The molecule has 1 aromatic heterocycles. The van der Waals surface area contributed by atoms with E-state index in [0.29, 0.717) is 10.0 Å². The lowest BCUT2D eigenvalue weighted by molar-refractivity contribution is 0.0950. The highest BCUT2D eigenvalue weighted by atomic mass is 79.9. The van der Waals surface area contributed by atoms with Crippen LogP contribution in [0.2, 0.25) is 0 Å². The average Bonchev–Trinajstić information content (AvgIpc) is 2.44. The first-order valence-corrected chi connectivity index (χ1v) is 7.09. The molecule has 20 heavy (non-hydrogen) atoms. The second kappa shape index (κ2) is 6.62. The van der Waals surface area contributed by atoms with Gasteiger partial charge in [0.15, 0.2) is 0 Å². The molecule has 0 bridgehead atoms. The molecule has 0 spiro atoms. The van der Waals surface area contributed by atoms with Crippen LogP contribution >= 0.6 is 31.9 Å². The van der Waals surface area contributed by atoms with Crippen molar-refractivity contribution < 1.29 is 9.90 Å². The minimum absolute atomic E-state index is 0.0454. The number of carbonyl (C=O) groups excluding carboxylic acids is 1. The molecule has 0 aliphatic heterocycles. The Morgan fingerprint density at radius 1 is 1.35 bits per heavy atom. The van der Waals surface area contributed by atoms with Crippen molar-refractivity contribution >= 4 is 44.0 Å². The summed E-state index contributed by atoms with van der Waals surface area (Å²) in [4.78, 5) is 15.6. The third-order valence-corrected chi connectivity index (χ3v) is 3.39. The summed E-state index contributed by atoms with van der Waals surface area (Å²) in [5, 5.41) is 13.6. The van der Waals surface area contributed by atoms with Crippen molar-refractivity contribution in [2.24, 2.45) is 5.10 Å². The lowest BCUT2D eigenvalue weighted by Crippen LogP contribution is -2.18. The molecule has 0 radical (unpaired) electrons. The summed E-state index contributed by atoms with van der Waals surface area (Å²) in [5.74, 6) is -0.376. The summed E-state index contributed by atoms with van der Waals surface area (Å²) in [6, 6.07) is 8.40. The molecule has 2 N–H and O–H groups in total. The molecule has 102 valence electrons. The number of benzene rings is 1. The van der Waals surface area contributed by atoms with Crippen LogP contribution in [-0.2, 0) is 0 Å². The predicted octanol–water partition coefficient (Wildman–Crippen LogP) is 3.08. The van der Waals surface area contributed by atoms with E-state index in [1.54, 1.807) is 30.3 Å². The number of phenols is 1. The summed E-state index contributed by atoms with van der Waals surface area (Å²) < 4.78 is 1.31. The van der Waals surface area contributed by atoms with E-state index in [1.165, 1.54) is 12.4 Å². The van der Waals surface area contributed by atoms with Gasteiger partial charge in [0.05, 0.1) is 10.7 Å². The van der Waals surface area contributed by atoms with Crippen molar-refractivity contribution in [3.05, 3.63) is 56.7 Å². The highest BCUT2D eigenvalue weighted by Crippen LogP contribution is 2.30. The van der Waals surface area contributed by atoms with Crippen molar-refractivity contribution in [1.82, 2.24) is 10.4 Å². The maximum atomic E-state index is 11.7. The number of hydrogen-bond acceptors (Lipinski definition) is 4. The zero-order valence-corrected chi connectivity index (χ0v) is 13.2. The second-order valence-corrected chi connectivity index (χ2v) is 5.51. The molecule has 0 aliphatic rings. The van der Waals surface area contributed by atoms with E-state index in [-0.39, 0.29) is 11.4 Å². The van der Waals surface area contributed by atoms with Gasteiger partial charge in [0.2, 0.25) is 0 Å². The van der Waals surface area contributed by atoms with Crippen LogP contribution in [0.4, 0.5) is 0 Å². The number of hydrogen-bond donors (Lipinski definition) is 2. The molecule has 2 aromatic rings. The predicted molar refractivity (Wildman–Crippen MR) is 82.8 cm³/mol. The Balaban J connectivity index is 2.10. The SMILES string of the molecule is O=C(NN=Cc1cc(Br)cc(Br)c1O)c1ccccn1. The second-order valence-electron chi connectivity index (χ2n) is 3.74. The summed E-state index contributed by atoms with van der Waals surface area (Å²) >= 11 is 6.52. The van der Waals surface area contributed by atoms with Gasteiger partial charge >= 0.3 is 0 Å². The molecular formula is C13H9Br2N3O2. The van der Waals surface area contributed by atoms with Crippen LogP contribution in [0.1, 0.15) is 16.1 Å². The Morgan fingerprint density at radius 2 is 2.15 bits per heavy atom. The number of pyridine rings is 1. The number of halogens is 2. The zero-order valence-electron chi connectivity index (χ0n) is 10.0. The van der Waals surface area contributed by atoms with E-state index in [0.717, 1.165) is 4.47 Å². The van der Waals surface area contributed by atoms with Gasteiger partial charge in [-0.05, 0) is 40.2 Å². The van der Waals surface area contributed by atoms with Gasteiger partial charge in [0.1, 0.15) is 11.4 Å². The van der Waals surface area contributed by atoms with E-state index >= 15 is 0 Å². The average molecular weight is 399 g/mol. The van der Waals surface area contributed by atoms with E-state index in [2.05, 4.69) is 47.4 Å². The largest absolute Gasteiger partial charge is 0.506 e. The Labute approximate surface area is 132 Å². The molecular weight excluding hydrogens is 390 g/mol. The fourth-order valence-electron chi connectivity index (χ4n) is 1.40. The molecule has 2 rings (SSSR count). The molecule has 5 nitrogen and oxygen atoms in total. The third-order valence-electron chi connectivity index (χ3n) is 2.32. The number of aromatic nitrogens is 1. The molecule has 0 fully saturated rings. The smallest absolute Gasteiger partial charge is 0.289 e. The quantitative estimate of drug-likeness (QED) is 0.616. The lowest BCUT2D eigenvalue weighted by atomic mass is 10.2. The normalized spacial score (nSPS) is 10.7. The molecule has 0 atom stereocenters. The number of aromatic hydroxyl groups is 1. The first-order valence-electron chi connectivity index (χ1n) is 5.50. The Hall–Kier alpha value is -1.73. The molecule has 7 heteroatoms. The van der Waals surface area contributed by atoms with Gasteiger partial charge in [-0.3, -0.25) is 9.78 Å². The van der Waals surface area contributed by atoms with Crippen LogP contribution in [0.25, 0.3) is 0 Å². The zero-order chi connectivity index (χ0) is 14.5. The summed E-state index contributed by atoms with van der Waals surface area (Å²) in [7, 11) is 0. The van der Waals surface area contributed by atoms with Crippen molar-refractivity contribution in [2.45, 2.75) is 0 Å². The molecule has 0 aliphatic carbocycles. The Kier molecular flexibility index (Phi) is 4.86. The first-order chi connectivity index (χ1) is 9.58. The number of amides is 1. The topological polar surface area (TPSA) is 74.6 Å². The van der Waals surface area contributed by atoms with Crippen molar-refractivity contribution in [3.63, 3.8) is 0 Å². The number of phenolic OH excluding ortho intramolecular Hbond substituents is 1. The molecule has 1 aromatic carbocycles. The summed E-state index contributed by atoms with van der Waals surface area (Å²) in [6.07, 6.45) is 2.88. The fraction of sp³-hybridized carbons (Fsp3) is 0. The van der Waals surface area contributed by atoms with Gasteiger partial charge in [-0.1, -0.05) is 22.0 Å². The molecule has 0 saturated heterocycles. The van der Waals surface area contributed by atoms with Crippen LogP contribution in [0, 0.1) is 0 Å². The van der Waals surface area contributed by atoms with Crippen LogP contribution in [-0.4, -0.2) is 22.2 Å². The Morgan fingerprint density at radius 3 is 2.85 bits per heavy atom. The maximum absolute atomic E-state index is 11.7. The van der Waals surface area contributed by atoms with Gasteiger partial charge in [0, 0.05) is 16.2 Å². The maximum Gasteiger partial charge on any atom is 0.289 e. The molecule has 1 amide bonds. The van der Waals surface area contributed by atoms with E-state index in [4.69, 9.17) is 0 Å². The number of nitrogens with one attached hydrogen (secondary N) is 1. The van der Waals surface area contributed by atoms with Gasteiger partial charge in [-0.15, -0.1) is 0 Å². The van der Waals surface area contributed by atoms with E-state index < -0.39 is 5.91 Å². The van der Waals surface area contributed by atoms with Gasteiger partial charge in [0.25, 0.3) is 5.91 Å². The Bertz CT molecular complexity index is 660. The minimum atomic E-state index is -0.421. The lowest BCUT2D eigenvalue weighted by Gasteiger charge is -2.03. The van der Waals surface area contributed by atoms with Crippen LogP contribution < -0.4 is 5.43 Å². The van der Waals surface area contributed by atoms with E-state index in [9.17, 15) is 9.90 Å². The first kappa shape index (κ1) is 14.7. The van der Waals surface area contributed by atoms with Crippen LogP contribution in [0.3, 0.4) is 0 Å². The van der Waals surface area contributed by atoms with Crippen molar-refractivity contribution in [3.8, 4) is 5.75 Å². The highest BCUT2D eigenvalue weighted by Gasteiger charge is 2.06. The minimum Gasteiger partial charge on any atom is -0.506 e. The van der Waals surface area contributed by atoms with Crippen LogP contribution in [0.15, 0.2) is 50.6 Å². The number of carbonyl (C=O) groups is 1. The number of hydrazone groups is 1. The molecule has 1 heterocycles. The molecule has 0 saturated carbocycles. The standard InChI is InChI=1S/C13H9Br2N3O2/c14-9-5-8(12(19)10(15)6-9)7-17-18-13(20)11-3-1-2-4-16-11/h1-7,19H,(H,18,20). The van der Waals surface area contributed by atoms with E-state index in [1.807, 2.05) is 0 Å². The van der Waals surface area contributed by atoms with Gasteiger partial charge < -0.3 is 5.11 Å². The van der Waals surface area contributed by atoms with Crippen LogP contribution in [0.5, 0.6) is 5.75 Å². The summed E-state index contributed by atoms with van der Waals surface area (Å²) in [6.45, 7) is 0. The van der Waals surface area contributed by atoms with Gasteiger partial charge in [-0.25, -0.2) is 5.43 Å². The third kappa shape index (κ3) is 3.64. The fourth-order valence-corrected chi connectivity index (χ4v) is 2.66. The highest BCUT2D eigenvalue weighted by molar-refractivity contribution is 9.11. The monoisotopic (exact) mass is 397 g/mol.